The second-order valence-corrected chi connectivity index (χ2v) is 4.86. The van der Waals surface area contributed by atoms with Gasteiger partial charge in [-0.1, -0.05) is 6.07 Å². The molecule has 3 aromatic rings. The molecule has 19 heavy (non-hydrogen) atoms. The Morgan fingerprint density at radius 2 is 2.26 bits per heavy atom. The number of aromatic nitrogens is 3. The van der Waals surface area contributed by atoms with Gasteiger partial charge in [0.25, 0.3) is 0 Å². The van der Waals surface area contributed by atoms with Gasteiger partial charge in [0.2, 0.25) is 5.89 Å². The molecule has 0 aromatic carbocycles. The van der Waals surface area contributed by atoms with E-state index in [0.29, 0.717) is 12.6 Å². The summed E-state index contributed by atoms with van der Waals surface area (Å²) in [4.78, 5) is 4.31. The monoisotopic (exact) mass is 254 g/mol. The summed E-state index contributed by atoms with van der Waals surface area (Å²) in [7, 11) is 0. The summed E-state index contributed by atoms with van der Waals surface area (Å²) in [6, 6.07) is 6.63. The molecule has 5 nitrogen and oxygen atoms in total. The highest BCUT2D eigenvalue weighted by Crippen LogP contribution is 2.25. The van der Waals surface area contributed by atoms with Crippen LogP contribution in [0.4, 0.5) is 0 Å². The number of fused-ring (bicyclic) bond motifs is 1. The van der Waals surface area contributed by atoms with E-state index >= 15 is 0 Å². The van der Waals surface area contributed by atoms with Crippen LogP contribution in [-0.4, -0.2) is 20.6 Å². The fourth-order valence-corrected chi connectivity index (χ4v) is 2.16. The van der Waals surface area contributed by atoms with Crippen LogP contribution >= 0.6 is 0 Å². The minimum absolute atomic E-state index is 0.660. The first-order valence-electron chi connectivity index (χ1n) is 6.51. The first kappa shape index (κ1) is 10.8. The third-order valence-corrected chi connectivity index (χ3v) is 3.36. The van der Waals surface area contributed by atoms with Gasteiger partial charge in [-0.2, -0.15) is 5.10 Å². The standard InChI is InChI=1S/C14H14N4O/c1-2-6-18-12(3-1)11(7-17-18)13-8-16-14(19-13)9-15-10-4-5-10/h1-3,6-8,10,15H,4-5,9H2. The lowest BCUT2D eigenvalue weighted by Crippen LogP contribution is -2.15. The lowest BCUT2D eigenvalue weighted by atomic mass is 10.2. The van der Waals surface area contributed by atoms with Crippen LogP contribution < -0.4 is 5.32 Å². The molecule has 0 radical (unpaired) electrons. The molecular formula is C14H14N4O. The molecule has 4 rings (SSSR count). The van der Waals surface area contributed by atoms with Crippen molar-refractivity contribution in [2.24, 2.45) is 0 Å². The molecule has 3 heterocycles. The second kappa shape index (κ2) is 4.20. The highest BCUT2D eigenvalue weighted by atomic mass is 16.4. The first-order chi connectivity index (χ1) is 9.40. The van der Waals surface area contributed by atoms with E-state index < -0.39 is 0 Å². The molecule has 0 aliphatic heterocycles. The van der Waals surface area contributed by atoms with Crippen molar-refractivity contribution in [2.45, 2.75) is 25.4 Å². The van der Waals surface area contributed by atoms with E-state index in [9.17, 15) is 0 Å². The molecular weight excluding hydrogens is 240 g/mol. The maximum atomic E-state index is 5.79. The van der Waals surface area contributed by atoms with Crippen molar-refractivity contribution in [3.63, 3.8) is 0 Å². The van der Waals surface area contributed by atoms with Gasteiger partial charge >= 0.3 is 0 Å². The molecule has 1 fully saturated rings. The number of pyridine rings is 1. The Morgan fingerprint density at radius 3 is 3.16 bits per heavy atom. The summed E-state index contributed by atoms with van der Waals surface area (Å²) < 4.78 is 7.62. The van der Waals surface area contributed by atoms with Gasteiger partial charge in [0.15, 0.2) is 5.76 Å². The smallest absolute Gasteiger partial charge is 0.208 e. The van der Waals surface area contributed by atoms with Crippen LogP contribution in [0.3, 0.4) is 0 Å². The van der Waals surface area contributed by atoms with Gasteiger partial charge in [-0.05, 0) is 25.0 Å². The SMILES string of the molecule is c1ccn2ncc(-c3cnc(CNC4CC4)o3)c2c1. The van der Waals surface area contributed by atoms with Crippen molar-refractivity contribution < 1.29 is 4.42 Å². The zero-order valence-electron chi connectivity index (χ0n) is 10.4. The topological polar surface area (TPSA) is 55.4 Å². The number of rotatable bonds is 4. The molecule has 0 saturated heterocycles. The van der Waals surface area contributed by atoms with Gasteiger partial charge in [-0.25, -0.2) is 9.50 Å². The van der Waals surface area contributed by atoms with Gasteiger partial charge in [0.05, 0.1) is 30.0 Å². The van der Waals surface area contributed by atoms with Crippen molar-refractivity contribution in [2.75, 3.05) is 0 Å². The highest BCUT2D eigenvalue weighted by molar-refractivity contribution is 5.76. The van der Waals surface area contributed by atoms with Crippen LogP contribution in [0.15, 0.2) is 41.2 Å². The summed E-state index contributed by atoms with van der Waals surface area (Å²) in [6.45, 7) is 0.698. The Kier molecular flexibility index (Phi) is 2.38. The Labute approximate surface area is 110 Å². The van der Waals surface area contributed by atoms with Crippen molar-refractivity contribution >= 4 is 5.52 Å². The number of hydrogen-bond donors (Lipinski definition) is 1. The van der Waals surface area contributed by atoms with E-state index in [-0.39, 0.29) is 0 Å². The number of oxazole rings is 1. The minimum Gasteiger partial charge on any atom is -0.439 e. The van der Waals surface area contributed by atoms with E-state index in [1.54, 1.807) is 6.20 Å². The average Bonchev–Trinajstić information content (AvgIpc) is 3.00. The lowest BCUT2D eigenvalue weighted by molar-refractivity contribution is 0.477. The average molecular weight is 254 g/mol. The van der Waals surface area contributed by atoms with Crippen molar-refractivity contribution in [1.29, 1.82) is 0 Å². The Morgan fingerprint density at radius 1 is 1.32 bits per heavy atom. The zero-order valence-corrected chi connectivity index (χ0v) is 10.4. The van der Waals surface area contributed by atoms with E-state index in [4.69, 9.17) is 4.42 Å². The molecule has 1 aliphatic rings. The van der Waals surface area contributed by atoms with Crippen molar-refractivity contribution in [1.82, 2.24) is 19.9 Å². The first-order valence-corrected chi connectivity index (χ1v) is 6.51. The van der Waals surface area contributed by atoms with Crippen molar-refractivity contribution in [3.8, 4) is 11.3 Å². The largest absolute Gasteiger partial charge is 0.439 e. The Hall–Kier alpha value is -2.14. The normalized spacial score (nSPS) is 15.2. The fourth-order valence-electron chi connectivity index (χ4n) is 2.16. The van der Waals surface area contributed by atoms with Gasteiger partial charge in [-0.3, -0.25) is 0 Å². The zero-order chi connectivity index (χ0) is 12.7. The summed E-state index contributed by atoms with van der Waals surface area (Å²) >= 11 is 0. The van der Waals surface area contributed by atoms with E-state index in [1.165, 1.54) is 12.8 Å². The van der Waals surface area contributed by atoms with Crippen LogP contribution in [0, 0.1) is 0 Å². The Bertz CT molecular complexity index is 711. The maximum absolute atomic E-state index is 5.79. The molecule has 3 aromatic heterocycles. The molecule has 1 saturated carbocycles. The summed E-state index contributed by atoms with van der Waals surface area (Å²) in [5.74, 6) is 1.51. The molecule has 0 atom stereocenters. The van der Waals surface area contributed by atoms with E-state index in [0.717, 1.165) is 22.7 Å². The number of nitrogens with zero attached hydrogens (tertiary/aromatic N) is 3. The van der Waals surface area contributed by atoms with E-state index in [2.05, 4.69) is 15.4 Å². The molecule has 1 aliphatic carbocycles. The van der Waals surface area contributed by atoms with Crippen LogP contribution in [-0.2, 0) is 6.54 Å². The van der Waals surface area contributed by atoms with Crippen LogP contribution in [0.2, 0.25) is 0 Å². The second-order valence-electron chi connectivity index (χ2n) is 4.86. The predicted octanol–water partition coefficient (Wildman–Crippen LogP) is 2.24. The molecule has 0 unspecified atom stereocenters. The van der Waals surface area contributed by atoms with Gasteiger partial charge in [0.1, 0.15) is 0 Å². The quantitative estimate of drug-likeness (QED) is 0.775. The molecule has 5 heteroatoms. The maximum Gasteiger partial charge on any atom is 0.208 e. The van der Waals surface area contributed by atoms with Crippen LogP contribution in [0.5, 0.6) is 0 Å². The summed E-state index contributed by atoms with van der Waals surface area (Å²) in [5.41, 5.74) is 2.01. The lowest BCUT2D eigenvalue weighted by Gasteiger charge is -1.97. The summed E-state index contributed by atoms with van der Waals surface area (Å²) in [6.07, 6.45) is 8.04. The molecule has 0 spiro atoms. The third kappa shape index (κ3) is 2.02. The number of nitrogens with one attached hydrogen (secondary N) is 1. The molecule has 0 amide bonds. The minimum atomic E-state index is 0.660. The van der Waals surface area contributed by atoms with Gasteiger partial charge in [0, 0.05) is 12.2 Å². The van der Waals surface area contributed by atoms with Crippen LogP contribution in [0.25, 0.3) is 16.8 Å². The predicted molar refractivity (Wildman–Crippen MR) is 70.6 cm³/mol. The highest BCUT2D eigenvalue weighted by Gasteiger charge is 2.21. The molecule has 96 valence electrons. The summed E-state index contributed by atoms with van der Waals surface area (Å²) in [5, 5.41) is 7.69. The van der Waals surface area contributed by atoms with E-state index in [1.807, 2.05) is 35.1 Å². The third-order valence-electron chi connectivity index (χ3n) is 3.36. The Balaban J connectivity index is 1.64. The number of hydrogen-bond acceptors (Lipinski definition) is 4. The van der Waals surface area contributed by atoms with Crippen molar-refractivity contribution in [3.05, 3.63) is 42.7 Å². The fraction of sp³-hybridized carbons (Fsp3) is 0.286. The molecule has 1 N–H and O–H groups in total. The van der Waals surface area contributed by atoms with Gasteiger partial charge in [-0.15, -0.1) is 0 Å². The van der Waals surface area contributed by atoms with Gasteiger partial charge < -0.3 is 9.73 Å². The van der Waals surface area contributed by atoms with Crippen LogP contribution in [0.1, 0.15) is 18.7 Å². The molecule has 0 bridgehead atoms.